The summed E-state index contributed by atoms with van der Waals surface area (Å²) in [5.41, 5.74) is 11.6. The number of hydrogen-bond acceptors (Lipinski definition) is 5. The first kappa shape index (κ1) is 20.6. The predicted octanol–water partition coefficient (Wildman–Crippen LogP) is 4.65. The first-order chi connectivity index (χ1) is 15.7. The highest BCUT2D eigenvalue weighted by Crippen LogP contribution is 2.36. The highest BCUT2D eigenvalue weighted by molar-refractivity contribution is 5.77. The summed E-state index contributed by atoms with van der Waals surface area (Å²) >= 11 is 0. The lowest BCUT2D eigenvalue weighted by Crippen LogP contribution is -2.37. The van der Waals surface area contributed by atoms with Crippen LogP contribution in [0.2, 0.25) is 0 Å². The highest BCUT2D eigenvalue weighted by atomic mass is 19.1. The van der Waals surface area contributed by atoms with E-state index in [4.69, 9.17) is 15.5 Å². The van der Waals surface area contributed by atoms with Gasteiger partial charge in [0.2, 0.25) is 0 Å². The monoisotopic (exact) mass is 433 g/mol. The highest BCUT2D eigenvalue weighted by Gasteiger charge is 2.27. The van der Waals surface area contributed by atoms with Crippen molar-refractivity contribution < 1.29 is 9.13 Å². The molecule has 166 valence electrons. The minimum absolute atomic E-state index is 0.254. The maximum Gasteiger partial charge on any atom is 0.138 e. The van der Waals surface area contributed by atoms with Crippen LogP contribution in [0, 0.1) is 5.82 Å². The van der Waals surface area contributed by atoms with Crippen LogP contribution in [0.15, 0.2) is 59.8 Å². The van der Waals surface area contributed by atoms with Gasteiger partial charge in [0.25, 0.3) is 0 Å². The van der Waals surface area contributed by atoms with Gasteiger partial charge in [-0.2, -0.15) is 0 Å². The third kappa shape index (κ3) is 3.84. The van der Waals surface area contributed by atoms with Gasteiger partial charge in [0.1, 0.15) is 28.9 Å². The molecule has 0 radical (unpaired) electrons. The molecule has 1 aromatic heterocycles. The molecule has 2 heterocycles. The van der Waals surface area contributed by atoms with Crippen LogP contribution in [0.25, 0.3) is 11.3 Å². The molecular formula is C25H28FN5O. The minimum atomic E-state index is -0.254. The van der Waals surface area contributed by atoms with Crippen molar-refractivity contribution in [2.45, 2.75) is 32.4 Å². The molecule has 1 aliphatic heterocycles. The summed E-state index contributed by atoms with van der Waals surface area (Å²) in [6, 6.07) is 14.3. The average Bonchev–Trinajstić information content (AvgIpc) is 3.15. The number of nitrogens with one attached hydrogen (secondary N) is 1. The summed E-state index contributed by atoms with van der Waals surface area (Å²) in [5, 5.41) is 3.49. The van der Waals surface area contributed by atoms with Gasteiger partial charge in [-0.15, -0.1) is 0 Å². The number of rotatable bonds is 6. The van der Waals surface area contributed by atoms with E-state index in [9.17, 15) is 4.39 Å². The quantitative estimate of drug-likeness (QED) is 0.592. The van der Waals surface area contributed by atoms with E-state index < -0.39 is 0 Å². The topological polar surface area (TPSA) is 68.3 Å². The number of benzene rings is 2. The summed E-state index contributed by atoms with van der Waals surface area (Å²) in [5.74, 6) is 2.46. The van der Waals surface area contributed by atoms with Gasteiger partial charge in [-0.3, -0.25) is 0 Å². The first-order valence-electron chi connectivity index (χ1n) is 11.1. The van der Waals surface area contributed by atoms with Crippen molar-refractivity contribution in [1.82, 2.24) is 14.5 Å². The number of aromatic nitrogens is 2. The Bertz CT molecular complexity index is 1130. The fraction of sp³-hybridized carbons (Fsp3) is 0.320. The number of anilines is 2. The Hall–Kier alpha value is -3.32. The molecule has 7 heteroatoms. The number of allylic oxidation sites excluding steroid dienone is 1. The number of ether oxygens (including phenoxy) is 1. The Morgan fingerprint density at radius 2 is 1.84 bits per heavy atom. The molecule has 0 saturated heterocycles. The Morgan fingerprint density at radius 3 is 2.47 bits per heavy atom. The second-order valence-electron chi connectivity index (χ2n) is 8.27. The number of methoxy groups -OCH3 is 1. The zero-order valence-corrected chi connectivity index (χ0v) is 18.3. The van der Waals surface area contributed by atoms with Crippen LogP contribution in [-0.2, 0) is 13.1 Å². The Kier molecular flexibility index (Phi) is 5.57. The van der Waals surface area contributed by atoms with E-state index in [1.54, 1.807) is 19.2 Å². The molecule has 2 aromatic carbocycles. The zero-order chi connectivity index (χ0) is 22.1. The second-order valence-corrected chi connectivity index (χ2v) is 8.27. The molecule has 6 nitrogen and oxygen atoms in total. The molecule has 32 heavy (non-hydrogen) atoms. The van der Waals surface area contributed by atoms with Gasteiger partial charge in [0, 0.05) is 36.6 Å². The first-order valence-corrected chi connectivity index (χ1v) is 11.1. The lowest BCUT2D eigenvalue weighted by atomic mass is 9.90. The van der Waals surface area contributed by atoms with E-state index in [1.807, 2.05) is 24.3 Å². The van der Waals surface area contributed by atoms with Crippen LogP contribution < -0.4 is 15.8 Å². The van der Waals surface area contributed by atoms with Gasteiger partial charge >= 0.3 is 0 Å². The zero-order valence-electron chi connectivity index (χ0n) is 18.3. The fourth-order valence-corrected chi connectivity index (χ4v) is 4.45. The van der Waals surface area contributed by atoms with Crippen molar-refractivity contribution in [1.29, 1.82) is 0 Å². The molecule has 2 aliphatic rings. The largest absolute Gasteiger partial charge is 0.497 e. The van der Waals surface area contributed by atoms with Crippen LogP contribution >= 0.6 is 0 Å². The number of nitrogens with two attached hydrogens (primary N) is 1. The third-order valence-corrected chi connectivity index (χ3v) is 6.38. The molecule has 1 saturated carbocycles. The van der Waals surface area contributed by atoms with E-state index in [0.717, 1.165) is 66.8 Å². The van der Waals surface area contributed by atoms with E-state index in [2.05, 4.69) is 14.8 Å². The Labute approximate surface area is 187 Å². The third-order valence-electron chi connectivity index (χ3n) is 6.38. The van der Waals surface area contributed by atoms with Crippen molar-refractivity contribution in [3.05, 3.63) is 71.4 Å². The number of fused-ring (bicyclic) bond motifs is 1. The van der Waals surface area contributed by atoms with Gasteiger partial charge in [-0.05, 0) is 73.4 Å². The van der Waals surface area contributed by atoms with Crippen molar-refractivity contribution in [2.24, 2.45) is 5.73 Å². The van der Waals surface area contributed by atoms with Gasteiger partial charge in [-0.25, -0.2) is 9.37 Å². The fourth-order valence-electron chi connectivity index (χ4n) is 4.45. The maximum atomic E-state index is 13.4. The molecule has 0 amide bonds. The van der Waals surface area contributed by atoms with Crippen LogP contribution in [0.3, 0.4) is 0 Å². The average molecular weight is 434 g/mol. The summed E-state index contributed by atoms with van der Waals surface area (Å²) < 4.78 is 21.0. The second kappa shape index (κ2) is 8.67. The van der Waals surface area contributed by atoms with E-state index in [1.165, 1.54) is 29.8 Å². The molecule has 1 aliphatic carbocycles. The van der Waals surface area contributed by atoms with Crippen LogP contribution in [0.4, 0.5) is 15.9 Å². The number of imidazole rings is 1. The number of nitrogens with zero attached hydrogens (tertiary/aromatic N) is 3. The van der Waals surface area contributed by atoms with Crippen LogP contribution in [-0.4, -0.2) is 34.7 Å². The van der Waals surface area contributed by atoms with Gasteiger partial charge in [0.05, 0.1) is 13.7 Å². The normalized spacial score (nSPS) is 15.2. The standard InChI is InChI=1S/C25H28FN5O/c1-32-21-11-5-18(6-12-21)24-25(28-20-9-7-19(26)8-10-20)31-14-13-30(16-23(31)29-24)22(15-27)17-3-2-4-17/h5-12,28H,2-4,13-16,27H2,1H3. The lowest BCUT2D eigenvalue weighted by molar-refractivity contribution is 0.264. The molecule has 1 fully saturated rings. The lowest BCUT2D eigenvalue weighted by Gasteiger charge is -2.35. The van der Waals surface area contributed by atoms with Crippen LogP contribution in [0.5, 0.6) is 5.75 Å². The summed E-state index contributed by atoms with van der Waals surface area (Å²) in [6.07, 6.45) is 3.58. The maximum absolute atomic E-state index is 13.4. The Morgan fingerprint density at radius 1 is 1.09 bits per heavy atom. The summed E-state index contributed by atoms with van der Waals surface area (Å²) in [4.78, 5) is 7.43. The molecule has 0 unspecified atom stereocenters. The van der Waals surface area contributed by atoms with E-state index >= 15 is 0 Å². The molecule has 3 N–H and O–H groups in total. The molecule has 0 spiro atoms. The number of hydrogen-bond donors (Lipinski definition) is 2. The van der Waals surface area contributed by atoms with E-state index in [-0.39, 0.29) is 5.82 Å². The van der Waals surface area contributed by atoms with Gasteiger partial charge in [-0.1, -0.05) is 0 Å². The number of halogens is 1. The van der Waals surface area contributed by atoms with Crippen molar-refractivity contribution in [3.63, 3.8) is 0 Å². The minimum Gasteiger partial charge on any atom is -0.497 e. The molecule has 3 aromatic rings. The van der Waals surface area contributed by atoms with E-state index in [0.29, 0.717) is 6.54 Å². The van der Waals surface area contributed by atoms with Crippen molar-refractivity contribution in [3.8, 4) is 17.0 Å². The predicted molar refractivity (Wildman–Crippen MR) is 124 cm³/mol. The van der Waals surface area contributed by atoms with Gasteiger partial charge < -0.3 is 25.3 Å². The van der Waals surface area contributed by atoms with Crippen molar-refractivity contribution >= 4 is 11.5 Å². The summed E-state index contributed by atoms with van der Waals surface area (Å²) in [7, 11) is 1.66. The Balaban J connectivity index is 1.53. The van der Waals surface area contributed by atoms with Crippen molar-refractivity contribution in [2.75, 3.05) is 25.5 Å². The molecule has 0 atom stereocenters. The van der Waals surface area contributed by atoms with Crippen LogP contribution in [0.1, 0.15) is 25.1 Å². The SMILES string of the molecule is COc1ccc(-c2nc3n(c2Nc2ccc(F)cc2)CCN(C(CN)=C2CCC2)C3)cc1. The molecule has 0 bridgehead atoms. The molecule has 5 rings (SSSR count). The molecular weight excluding hydrogens is 405 g/mol. The smallest absolute Gasteiger partial charge is 0.138 e. The van der Waals surface area contributed by atoms with Gasteiger partial charge in [0.15, 0.2) is 0 Å². The summed E-state index contributed by atoms with van der Waals surface area (Å²) in [6.45, 7) is 2.99.